The van der Waals surface area contributed by atoms with E-state index >= 15 is 0 Å². The molecule has 0 atom stereocenters. The zero-order valence-electron chi connectivity index (χ0n) is 19.9. The number of piperazine rings is 1. The van der Waals surface area contributed by atoms with E-state index in [4.69, 9.17) is 16.3 Å². The van der Waals surface area contributed by atoms with Crippen LogP contribution in [0.3, 0.4) is 0 Å². The first-order valence-electron chi connectivity index (χ1n) is 11.9. The maximum Gasteiger partial charge on any atom is 0.255 e. The third-order valence-electron chi connectivity index (χ3n) is 6.01. The summed E-state index contributed by atoms with van der Waals surface area (Å²) >= 11 is 6.25. The molecule has 6 nitrogen and oxygen atoms in total. The lowest BCUT2D eigenvalue weighted by Crippen LogP contribution is -2.48. The molecule has 1 aliphatic rings. The van der Waals surface area contributed by atoms with Crippen LogP contribution in [0.1, 0.15) is 35.7 Å². The van der Waals surface area contributed by atoms with Crippen LogP contribution in [-0.4, -0.2) is 42.9 Å². The number of carbonyl (C=O) groups is 2. The summed E-state index contributed by atoms with van der Waals surface area (Å²) in [6.07, 6.45) is 1.44. The van der Waals surface area contributed by atoms with E-state index in [9.17, 15) is 9.59 Å². The fourth-order valence-corrected chi connectivity index (χ4v) is 4.26. The second-order valence-electron chi connectivity index (χ2n) is 8.53. The third-order valence-corrected chi connectivity index (χ3v) is 6.24. The van der Waals surface area contributed by atoms with Crippen LogP contribution in [0.5, 0.6) is 5.75 Å². The van der Waals surface area contributed by atoms with Gasteiger partial charge in [0.25, 0.3) is 5.91 Å². The van der Waals surface area contributed by atoms with E-state index in [0.717, 1.165) is 17.7 Å². The second kappa shape index (κ2) is 11.8. The Morgan fingerprint density at radius 3 is 2.34 bits per heavy atom. The van der Waals surface area contributed by atoms with Crippen LogP contribution >= 0.6 is 11.6 Å². The van der Waals surface area contributed by atoms with Gasteiger partial charge in [0.1, 0.15) is 12.4 Å². The number of benzene rings is 3. The average molecular weight is 492 g/mol. The Kier molecular flexibility index (Phi) is 8.27. The van der Waals surface area contributed by atoms with E-state index in [2.05, 4.69) is 10.2 Å². The van der Waals surface area contributed by atoms with Crippen molar-refractivity contribution < 1.29 is 14.3 Å². The molecule has 4 rings (SSSR count). The molecule has 182 valence electrons. The molecule has 0 saturated carbocycles. The average Bonchev–Trinajstić information content (AvgIpc) is 2.89. The van der Waals surface area contributed by atoms with Crippen molar-refractivity contribution in [1.82, 2.24) is 4.90 Å². The lowest BCUT2D eigenvalue weighted by atomic mass is 10.1. The number of nitrogens with one attached hydrogen (secondary N) is 1. The molecule has 1 N–H and O–H groups in total. The SMILES string of the molecule is CCCC(=O)N1CCN(c2ccc(Cl)cc2NC(=O)c2ccc(OCc3ccccc3)cc2)CC1. The molecule has 0 spiro atoms. The molecular formula is C28H30ClN3O3. The van der Waals surface area contributed by atoms with Crippen molar-refractivity contribution in [3.63, 3.8) is 0 Å². The Bertz CT molecular complexity index is 1140. The summed E-state index contributed by atoms with van der Waals surface area (Å²) in [7, 11) is 0. The van der Waals surface area contributed by atoms with Crippen molar-refractivity contribution >= 4 is 34.8 Å². The Labute approximate surface area is 211 Å². The highest BCUT2D eigenvalue weighted by molar-refractivity contribution is 6.31. The van der Waals surface area contributed by atoms with E-state index in [1.54, 1.807) is 30.3 Å². The maximum absolute atomic E-state index is 13.0. The second-order valence-corrected chi connectivity index (χ2v) is 8.97. The molecule has 0 aromatic heterocycles. The minimum Gasteiger partial charge on any atom is -0.489 e. The van der Waals surface area contributed by atoms with Gasteiger partial charge in [0.05, 0.1) is 11.4 Å². The fraction of sp³-hybridized carbons (Fsp3) is 0.286. The zero-order chi connectivity index (χ0) is 24.6. The summed E-state index contributed by atoms with van der Waals surface area (Å²) in [6, 6.07) is 22.5. The van der Waals surface area contributed by atoms with Gasteiger partial charge < -0.3 is 19.9 Å². The summed E-state index contributed by atoms with van der Waals surface area (Å²) in [6.45, 7) is 5.22. The van der Waals surface area contributed by atoms with Crippen LogP contribution in [0, 0.1) is 0 Å². The number of hydrogen-bond donors (Lipinski definition) is 1. The van der Waals surface area contributed by atoms with Crippen molar-refractivity contribution in [3.05, 3.63) is 88.9 Å². The predicted octanol–water partition coefficient (Wildman–Crippen LogP) is 5.62. The van der Waals surface area contributed by atoms with Gasteiger partial charge in [0.2, 0.25) is 5.91 Å². The monoisotopic (exact) mass is 491 g/mol. The quantitative estimate of drug-likeness (QED) is 0.444. The molecule has 1 saturated heterocycles. The van der Waals surface area contributed by atoms with Crippen LogP contribution < -0.4 is 15.0 Å². The van der Waals surface area contributed by atoms with Gasteiger partial charge in [-0.15, -0.1) is 0 Å². The number of halogens is 1. The normalized spacial score (nSPS) is 13.4. The number of anilines is 2. The van der Waals surface area contributed by atoms with Crippen molar-refractivity contribution in [2.75, 3.05) is 36.4 Å². The molecule has 7 heteroatoms. The highest BCUT2D eigenvalue weighted by atomic mass is 35.5. The molecule has 3 aromatic rings. The topological polar surface area (TPSA) is 61.9 Å². The number of carbonyl (C=O) groups excluding carboxylic acids is 2. The number of amides is 2. The molecule has 2 amide bonds. The minimum atomic E-state index is -0.222. The highest BCUT2D eigenvalue weighted by Crippen LogP contribution is 2.31. The van der Waals surface area contributed by atoms with Crippen LogP contribution in [0.2, 0.25) is 5.02 Å². The highest BCUT2D eigenvalue weighted by Gasteiger charge is 2.23. The molecule has 0 unspecified atom stereocenters. The number of rotatable bonds is 8. The Morgan fingerprint density at radius 1 is 0.943 bits per heavy atom. The van der Waals surface area contributed by atoms with E-state index in [-0.39, 0.29) is 11.8 Å². The van der Waals surface area contributed by atoms with Crippen molar-refractivity contribution in [3.8, 4) is 5.75 Å². The standard InChI is InChI=1S/C28H30ClN3O3/c1-2-6-27(33)32-17-15-31(16-18-32)26-14-11-23(29)19-25(26)30-28(34)22-9-12-24(13-10-22)35-20-21-7-4-3-5-8-21/h3-5,7-14,19H,2,6,15-18,20H2,1H3,(H,30,34). The number of nitrogens with zero attached hydrogens (tertiary/aromatic N) is 2. The van der Waals surface area contributed by atoms with E-state index < -0.39 is 0 Å². The summed E-state index contributed by atoms with van der Waals surface area (Å²) in [5.74, 6) is 0.678. The molecule has 0 radical (unpaired) electrons. The van der Waals surface area contributed by atoms with E-state index in [0.29, 0.717) is 61.2 Å². The van der Waals surface area contributed by atoms with Gasteiger partial charge in [0, 0.05) is 43.2 Å². The van der Waals surface area contributed by atoms with Crippen molar-refractivity contribution in [2.24, 2.45) is 0 Å². The summed E-state index contributed by atoms with van der Waals surface area (Å²) < 4.78 is 5.82. The molecule has 0 bridgehead atoms. The first-order chi connectivity index (χ1) is 17.0. The molecule has 1 fully saturated rings. The number of hydrogen-bond acceptors (Lipinski definition) is 4. The van der Waals surface area contributed by atoms with Crippen LogP contribution in [0.15, 0.2) is 72.8 Å². The first-order valence-corrected chi connectivity index (χ1v) is 12.3. The lowest BCUT2D eigenvalue weighted by Gasteiger charge is -2.37. The zero-order valence-corrected chi connectivity index (χ0v) is 20.6. The summed E-state index contributed by atoms with van der Waals surface area (Å²) in [4.78, 5) is 29.3. The molecule has 0 aliphatic carbocycles. The van der Waals surface area contributed by atoms with Crippen LogP contribution in [0.4, 0.5) is 11.4 Å². The molecule has 1 aliphatic heterocycles. The number of ether oxygens (including phenoxy) is 1. The van der Waals surface area contributed by atoms with Gasteiger partial charge in [-0.1, -0.05) is 48.9 Å². The molecule has 1 heterocycles. The fourth-order valence-electron chi connectivity index (χ4n) is 4.09. The largest absolute Gasteiger partial charge is 0.489 e. The van der Waals surface area contributed by atoms with Gasteiger partial charge in [-0.05, 0) is 54.4 Å². The van der Waals surface area contributed by atoms with Crippen LogP contribution in [-0.2, 0) is 11.4 Å². The van der Waals surface area contributed by atoms with Gasteiger partial charge in [-0.2, -0.15) is 0 Å². The van der Waals surface area contributed by atoms with Gasteiger partial charge >= 0.3 is 0 Å². The van der Waals surface area contributed by atoms with E-state index in [1.807, 2.05) is 54.3 Å². The van der Waals surface area contributed by atoms with Gasteiger partial charge in [-0.25, -0.2) is 0 Å². The Balaban J connectivity index is 1.39. The van der Waals surface area contributed by atoms with Crippen molar-refractivity contribution in [2.45, 2.75) is 26.4 Å². The summed E-state index contributed by atoms with van der Waals surface area (Å²) in [5, 5.41) is 3.56. The van der Waals surface area contributed by atoms with Gasteiger partial charge in [-0.3, -0.25) is 9.59 Å². The van der Waals surface area contributed by atoms with E-state index in [1.165, 1.54) is 0 Å². The third kappa shape index (κ3) is 6.55. The minimum absolute atomic E-state index is 0.202. The molecular weight excluding hydrogens is 462 g/mol. The van der Waals surface area contributed by atoms with Crippen LogP contribution in [0.25, 0.3) is 0 Å². The Hall–Kier alpha value is -3.51. The maximum atomic E-state index is 13.0. The molecule has 35 heavy (non-hydrogen) atoms. The van der Waals surface area contributed by atoms with Gasteiger partial charge in [0.15, 0.2) is 0 Å². The predicted molar refractivity (Wildman–Crippen MR) is 140 cm³/mol. The van der Waals surface area contributed by atoms with Crippen molar-refractivity contribution in [1.29, 1.82) is 0 Å². The Morgan fingerprint density at radius 2 is 1.66 bits per heavy atom. The first kappa shape index (κ1) is 24.6. The smallest absolute Gasteiger partial charge is 0.255 e. The molecule has 3 aromatic carbocycles. The lowest BCUT2D eigenvalue weighted by molar-refractivity contribution is -0.131. The summed E-state index contributed by atoms with van der Waals surface area (Å²) in [5.41, 5.74) is 3.16.